The number of pyridine rings is 1. The Labute approximate surface area is 220 Å². The molecule has 0 amide bonds. The first-order chi connectivity index (χ1) is 17.9. The Morgan fingerprint density at radius 1 is 1.03 bits per heavy atom. The van der Waals surface area contributed by atoms with Crippen molar-refractivity contribution in [1.29, 1.82) is 0 Å². The number of fused-ring (bicyclic) bond motifs is 3. The largest absolute Gasteiger partial charge is 0.489 e. The van der Waals surface area contributed by atoms with Gasteiger partial charge in [0, 0.05) is 29.3 Å². The number of anilines is 2. The Hall–Kier alpha value is -3.62. The molecule has 4 aromatic rings. The highest BCUT2D eigenvalue weighted by Gasteiger charge is 2.50. The third kappa shape index (κ3) is 4.40. The van der Waals surface area contributed by atoms with Gasteiger partial charge in [0.05, 0.1) is 27.5 Å². The molecule has 6 rings (SSSR count). The summed E-state index contributed by atoms with van der Waals surface area (Å²) in [5.74, 6) is 1.98. The fourth-order valence-corrected chi connectivity index (χ4v) is 5.80. The van der Waals surface area contributed by atoms with Gasteiger partial charge >= 0.3 is 0 Å². The van der Waals surface area contributed by atoms with E-state index in [0.717, 1.165) is 24.1 Å². The molecular weight excluding hydrogens is 488 g/mol. The van der Waals surface area contributed by atoms with E-state index in [0.29, 0.717) is 64.0 Å². The number of hydrogen-bond donors (Lipinski definition) is 2. The van der Waals surface area contributed by atoms with Gasteiger partial charge in [0.15, 0.2) is 5.82 Å². The average Bonchev–Trinajstić information content (AvgIpc) is 3.39. The van der Waals surface area contributed by atoms with Gasteiger partial charge in [-0.15, -0.1) is 0 Å². The number of nitrogens with two attached hydrogens (primary N) is 2. The minimum Gasteiger partial charge on any atom is -0.489 e. The van der Waals surface area contributed by atoms with Gasteiger partial charge < -0.3 is 20.9 Å². The molecule has 4 heterocycles. The van der Waals surface area contributed by atoms with Crippen LogP contribution in [-0.2, 0) is 6.61 Å². The minimum atomic E-state index is 0.0963. The normalized spacial score (nSPS) is 21.0. The SMILES string of the molecule is CN1C2CCC1(COc1cc3nc(-c4ccc(OCc5ccccn5)c(Cl)c4)nc(N)c3cc1N)CC2. The summed E-state index contributed by atoms with van der Waals surface area (Å²) in [7, 11) is 2.21. The van der Waals surface area contributed by atoms with Gasteiger partial charge in [0.25, 0.3) is 0 Å². The topological polar surface area (TPSA) is 112 Å². The van der Waals surface area contributed by atoms with Gasteiger partial charge in [0.2, 0.25) is 0 Å². The standard InChI is InChI=1S/C28H29ClN6O2/c1-35-19-7-9-28(35,10-8-19)16-37-25-14-23-20(13-22(25)30)26(31)34-27(33-23)17-5-6-24(21(29)12-17)36-15-18-4-2-3-11-32-18/h2-6,11-14,19H,7-10,15-16,30H2,1H3,(H2,31,33,34). The summed E-state index contributed by atoms with van der Waals surface area (Å²) >= 11 is 6.52. The van der Waals surface area contributed by atoms with Crippen molar-refractivity contribution in [2.75, 3.05) is 25.1 Å². The summed E-state index contributed by atoms with van der Waals surface area (Å²) < 4.78 is 12.1. The van der Waals surface area contributed by atoms with Crippen LogP contribution in [-0.4, -0.2) is 45.1 Å². The van der Waals surface area contributed by atoms with Crippen LogP contribution in [0.3, 0.4) is 0 Å². The predicted molar refractivity (Wildman–Crippen MR) is 146 cm³/mol. The zero-order valence-corrected chi connectivity index (χ0v) is 21.4. The Kier molecular flexibility index (Phi) is 6.01. The van der Waals surface area contributed by atoms with Crippen molar-refractivity contribution in [3.8, 4) is 22.9 Å². The van der Waals surface area contributed by atoms with Crippen LogP contribution >= 0.6 is 11.6 Å². The summed E-state index contributed by atoms with van der Waals surface area (Å²) in [6.45, 7) is 0.931. The van der Waals surface area contributed by atoms with Crippen molar-refractivity contribution in [1.82, 2.24) is 19.9 Å². The van der Waals surface area contributed by atoms with E-state index >= 15 is 0 Å². The molecule has 2 aromatic heterocycles. The van der Waals surface area contributed by atoms with Crippen LogP contribution in [0.1, 0.15) is 31.4 Å². The lowest BCUT2D eigenvalue weighted by molar-refractivity contribution is 0.113. The highest BCUT2D eigenvalue weighted by Crippen LogP contribution is 2.45. The number of nitrogens with zero attached hydrogens (tertiary/aromatic N) is 4. The summed E-state index contributed by atoms with van der Waals surface area (Å²) in [6, 6.07) is 15.4. The van der Waals surface area contributed by atoms with Crippen LogP contribution in [0.4, 0.5) is 11.5 Å². The molecule has 0 saturated carbocycles. The first-order valence-electron chi connectivity index (χ1n) is 12.5. The molecule has 0 spiro atoms. The molecule has 0 aliphatic carbocycles. The maximum atomic E-state index is 6.52. The second kappa shape index (κ2) is 9.36. The van der Waals surface area contributed by atoms with Gasteiger partial charge in [-0.2, -0.15) is 0 Å². The van der Waals surface area contributed by atoms with Crippen molar-refractivity contribution >= 4 is 34.0 Å². The third-order valence-electron chi connectivity index (χ3n) is 7.83. The molecule has 4 N–H and O–H groups in total. The second-order valence-corrected chi connectivity index (χ2v) is 10.4. The van der Waals surface area contributed by atoms with Gasteiger partial charge in [0.1, 0.15) is 30.5 Å². The summed E-state index contributed by atoms with van der Waals surface area (Å²) in [6.07, 6.45) is 6.50. The van der Waals surface area contributed by atoms with Crippen LogP contribution in [0.25, 0.3) is 22.3 Å². The molecule has 0 atom stereocenters. The highest BCUT2D eigenvalue weighted by molar-refractivity contribution is 6.32. The Bertz CT molecular complexity index is 1460. The molecule has 2 aliphatic rings. The zero-order valence-electron chi connectivity index (χ0n) is 20.7. The number of benzene rings is 2. The van der Waals surface area contributed by atoms with Crippen LogP contribution in [0, 0.1) is 0 Å². The monoisotopic (exact) mass is 516 g/mol. The van der Waals surface area contributed by atoms with E-state index < -0.39 is 0 Å². The maximum Gasteiger partial charge on any atom is 0.162 e. The van der Waals surface area contributed by atoms with Crippen LogP contribution in [0.2, 0.25) is 5.02 Å². The Morgan fingerprint density at radius 3 is 2.57 bits per heavy atom. The number of ether oxygens (including phenoxy) is 2. The molecule has 9 heteroatoms. The quantitative estimate of drug-likeness (QED) is 0.326. The Morgan fingerprint density at radius 2 is 1.86 bits per heavy atom. The predicted octanol–water partition coefficient (Wildman–Crippen LogP) is 5.09. The Balaban J connectivity index is 1.25. The molecule has 0 unspecified atom stereocenters. The summed E-state index contributed by atoms with van der Waals surface area (Å²) in [5.41, 5.74) is 15.5. The minimum absolute atomic E-state index is 0.0963. The summed E-state index contributed by atoms with van der Waals surface area (Å²) in [4.78, 5) is 16.0. The van der Waals surface area contributed by atoms with Crippen molar-refractivity contribution < 1.29 is 9.47 Å². The van der Waals surface area contributed by atoms with Crippen LogP contribution in [0.15, 0.2) is 54.7 Å². The van der Waals surface area contributed by atoms with Gasteiger partial charge in [-0.3, -0.25) is 9.88 Å². The molecule has 2 aliphatic heterocycles. The van der Waals surface area contributed by atoms with Gasteiger partial charge in [-0.1, -0.05) is 17.7 Å². The smallest absolute Gasteiger partial charge is 0.162 e. The number of likely N-dealkylation sites (N-methyl/N-ethyl adjacent to an activating group) is 1. The van der Waals surface area contributed by atoms with Crippen molar-refractivity contribution in [3.05, 3.63) is 65.4 Å². The first-order valence-corrected chi connectivity index (χ1v) is 12.8. The molecular formula is C28H29ClN6O2. The number of aromatic nitrogens is 3. The van der Waals surface area contributed by atoms with E-state index in [1.165, 1.54) is 12.8 Å². The van der Waals surface area contributed by atoms with Gasteiger partial charge in [-0.05, 0) is 69.1 Å². The van der Waals surface area contributed by atoms with E-state index in [2.05, 4.69) is 21.9 Å². The summed E-state index contributed by atoms with van der Waals surface area (Å²) in [5, 5.41) is 1.14. The number of nitrogen functional groups attached to an aromatic ring is 2. The van der Waals surface area contributed by atoms with E-state index in [4.69, 9.17) is 37.5 Å². The third-order valence-corrected chi connectivity index (χ3v) is 8.12. The van der Waals surface area contributed by atoms with Gasteiger partial charge in [-0.25, -0.2) is 9.97 Å². The maximum absolute atomic E-state index is 6.52. The lowest BCUT2D eigenvalue weighted by atomic mass is 9.88. The average molecular weight is 517 g/mol. The molecule has 0 radical (unpaired) electrons. The number of halogens is 1. The van der Waals surface area contributed by atoms with Crippen molar-refractivity contribution in [2.24, 2.45) is 0 Å². The van der Waals surface area contributed by atoms with Crippen LogP contribution in [0.5, 0.6) is 11.5 Å². The number of hydrogen-bond acceptors (Lipinski definition) is 8. The van der Waals surface area contributed by atoms with E-state index in [1.807, 2.05) is 30.3 Å². The fraction of sp³-hybridized carbons (Fsp3) is 0.321. The lowest BCUT2D eigenvalue weighted by Crippen LogP contribution is -2.43. The fourth-order valence-electron chi connectivity index (χ4n) is 5.57. The molecule has 2 saturated heterocycles. The molecule has 190 valence electrons. The van der Waals surface area contributed by atoms with Crippen LogP contribution < -0.4 is 20.9 Å². The van der Waals surface area contributed by atoms with Crippen molar-refractivity contribution in [3.63, 3.8) is 0 Å². The number of rotatable bonds is 7. The van der Waals surface area contributed by atoms with E-state index in [1.54, 1.807) is 24.4 Å². The molecule has 2 fully saturated rings. The van der Waals surface area contributed by atoms with E-state index in [9.17, 15) is 0 Å². The molecule has 37 heavy (non-hydrogen) atoms. The molecule has 2 bridgehead atoms. The van der Waals surface area contributed by atoms with E-state index in [-0.39, 0.29) is 5.54 Å². The first kappa shape index (κ1) is 23.8. The molecule has 8 nitrogen and oxygen atoms in total. The second-order valence-electron chi connectivity index (χ2n) is 9.95. The zero-order chi connectivity index (χ0) is 25.6. The molecule has 2 aromatic carbocycles. The van der Waals surface area contributed by atoms with Crippen molar-refractivity contribution in [2.45, 2.75) is 43.9 Å². The highest BCUT2D eigenvalue weighted by atomic mass is 35.5. The lowest BCUT2D eigenvalue weighted by Gasteiger charge is -2.32.